The maximum Gasteiger partial charge on any atom is 0.273 e. The number of nitrogens with one attached hydrogen (secondary N) is 1. The molecular weight excluding hydrogens is 392 g/mol. The lowest BCUT2D eigenvalue weighted by molar-refractivity contribution is -0.124. The van der Waals surface area contributed by atoms with Gasteiger partial charge in [-0.05, 0) is 56.1 Å². The highest BCUT2D eigenvalue weighted by Gasteiger charge is 2.40. The Labute approximate surface area is 181 Å². The average molecular weight is 418 g/mol. The third-order valence-electron chi connectivity index (χ3n) is 6.06. The maximum absolute atomic E-state index is 12.5. The Balaban J connectivity index is 1.33. The number of nitrogens with zero attached hydrogens (tertiary/aromatic N) is 3. The fourth-order valence-electron chi connectivity index (χ4n) is 4.15. The second-order valence-electron chi connectivity index (χ2n) is 7.95. The summed E-state index contributed by atoms with van der Waals surface area (Å²) in [6.07, 6.45) is 6.28. The van der Waals surface area contributed by atoms with E-state index in [2.05, 4.69) is 20.2 Å². The van der Waals surface area contributed by atoms with Crippen LogP contribution in [0.3, 0.4) is 0 Å². The molecule has 1 aliphatic heterocycles. The molecular formula is C24H26N4O3. The lowest BCUT2D eigenvalue weighted by Gasteiger charge is -2.40. The van der Waals surface area contributed by atoms with Crippen LogP contribution in [0.2, 0.25) is 0 Å². The summed E-state index contributed by atoms with van der Waals surface area (Å²) in [4.78, 5) is 35.4. The van der Waals surface area contributed by atoms with Gasteiger partial charge in [0.15, 0.2) is 5.69 Å². The predicted molar refractivity (Wildman–Crippen MR) is 115 cm³/mol. The Bertz CT molecular complexity index is 1030. The minimum Gasteiger partial charge on any atom is -0.447 e. The van der Waals surface area contributed by atoms with Gasteiger partial charge in [0.25, 0.3) is 5.91 Å². The number of Topliss-reactive ketones (excluding diaryl/α,β-unsaturated/α-hetero) is 1. The minimum atomic E-state index is -0.424. The van der Waals surface area contributed by atoms with Crippen molar-refractivity contribution in [3.63, 3.8) is 0 Å². The van der Waals surface area contributed by atoms with Crippen LogP contribution in [0.1, 0.15) is 47.3 Å². The molecule has 2 aromatic heterocycles. The summed E-state index contributed by atoms with van der Waals surface area (Å²) in [6, 6.07) is 13.7. The Kier molecular flexibility index (Phi) is 6.23. The standard InChI is InChI=1S/C24H26N4O3/c1-18(29)24(20-5-3-2-4-6-20)9-13-28(14-10-24)16-22-27-21(17-31-22)23(30)26-15-19-7-11-25-12-8-19/h2-8,11-12,17H,9-10,13-16H2,1H3,(H,26,30). The number of piperidine rings is 1. The number of hydrogen-bond acceptors (Lipinski definition) is 6. The lowest BCUT2D eigenvalue weighted by Crippen LogP contribution is -2.46. The summed E-state index contributed by atoms with van der Waals surface area (Å²) in [7, 11) is 0. The zero-order chi connectivity index (χ0) is 21.7. The molecule has 1 aliphatic rings. The first-order chi connectivity index (χ1) is 15.1. The fraction of sp³-hybridized carbons (Fsp3) is 0.333. The van der Waals surface area contributed by atoms with Gasteiger partial charge in [-0.3, -0.25) is 19.5 Å². The summed E-state index contributed by atoms with van der Waals surface area (Å²) >= 11 is 0. The van der Waals surface area contributed by atoms with Gasteiger partial charge >= 0.3 is 0 Å². The number of pyridine rings is 1. The van der Waals surface area contributed by atoms with E-state index in [1.807, 2.05) is 42.5 Å². The van der Waals surface area contributed by atoms with Crippen molar-refractivity contribution >= 4 is 11.7 Å². The van der Waals surface area contributed by atoms with Crippen molar-refractivity contribution in [3.8, 4) is 0 Å². The van der Waals surface area contributed by atoms with E-state index >= 15 is 0 Å². The Morgan fingerprint density at radius 3 is 2.48 bits per heavy atom. The largest absolute Gasteiger partial charge is 0.447 e. The summed E-state index contributed by atoms with van der Waals surface area (Å²) in [5.41, 5.74) is 1.90. The Hall–Kier alpha value is -3.32. The molecule has 7 heteroatoms. The van der Waals surface area contributed by atoms with E-state index in [1.54, 1.807) is 19.3 Å². The smallest absolute Gasteiger partial charge is 0.273 e. The van der Waals surface area contributed by atoms with Crippen molar-refractivity contribution in [1.82, 2.24) is 20.2 Å². The summed E-state index contributed by atoms with van der Waals surface area (Å²) in [6.45, 7) is 4.14. The van der Waals surface area contributed by atoms with Gasteiger partial charge in [0, 0.05) is 18.9 Å². The molecule has 1 aromatic carbocycles. The van der Waals surface area contributed by atoms with E-state index in [-0.39, 0.29) is 17.4 Å². The number of ketones is 1. The zero-order valence-corrected chi connectivity index (χ0v) is 17.6. The first kappa shape index (κ1) is 20.9. The van der Waals surface area contributed by atoms with Crippen LogP contribution in [0.5, 0.6) is 0 Å². The number of oxazole rings is 1. The van der Waals surface area contributed by atoms with Crippen LogP contribution in [-0.2, 0) is 23.3 Å². The highest BCUT2D eigenvalue weighted by Crippen LogP contribution is 2.36. The first-order valence-electron chi connectivity index (χ1n) is 10.5. The quantitative estimate of drug-likeness (QED) is 0.634. The lowest BCUT2D eigenvalue weighted by atomic mass is 9.70. The Morgan fingerprint density at radius 2 is 1.81 bits per heavy atom. The molecule has 0 bridgehead atoms. The molecule has 1 saturated heterocycles. The molecule has 1 N–H and O–H groups in total. The number of carbonyl (C=O) groups is 2. The molecule has 3 heterocycles. The van der Waals surface area contributed by atoms with E-state index in [4.69, 9.17) is 4.42 Å². The van der Waals surface area contributed by atoms with Gasteiger partial charge in [-0.15, -0.1) is 0 Å². The minimum absolute atomic E-state index is 0.211. The van der Waals surface area contributed by atoms with Gasteiger partial charge in [-0.1, -0.05) is 30.3 Å². The maximum atomic E-state index is 12.5. The van der Waals surface area contributed by atoms with Gasteiger partial charge < -0.3 is 9.73 Å². The van der Waals surface area contributed by atoms with Crippen molar-refractivity contribution in [1.29, 1.82) is 0 Å². The first-order valence-corrected chi connectivity index (χ1v) is 10.5. The summed E-state index contributed by atoms with van der Waals surface area (Å²) < 4.78 is 5.53. The molecule has 0 unspecified atom stereocenters. The van der Waals surface area contributed by atoms with Crippen molar-refractivity contribution < 1.29 is 14.0 Å². The van der Waals surface area contributed by atoms with Crippen LogP contribution < -0.4 is 5.32 Å². The topological polar surface area (TPSA) is 88.3 Å². The predicted octanol–water partition coefficient (Wildman–Crippen LogP) is 3.12. The van der Waals surface area contributed by atoms with Crippen molar-refractivity contribution in [2.75, 3.05) is 13.1 Å². The Morgan fingerprint density at radius 1 is 1.10 bits per heavy atom. The third-order valence-corrected chi connectivity index (χ3v) is 6.06. The SMILES string of the molecule is CC(=O)C1(c2ccccc2)CCN(Cc2nc(C(=O)NCc3ccncc3)co2)CC1. The number of hydrogen-bond donors (Lipinski definition) is 1. The van der Waals surface area contributed by atoms with Gasteiger partial charge in [-0.2, -0.15) is 0 Å². The van der Waals surface area contributed by atoms with Crippen LogP contribution in [0.4, 0.5) is 0 Å². The molecule has 160 valence electrons. The monoisotopic (exact) mass is 418 g/mol. The molecule has 1 amide bonds. The molecule has 0 radical (unpaired) electrons. The molecule has 0 aliphatic carbocycles. The fourth-order valence-corrected chi connectivity index (χ4v) is 4.15. The molecule has 0 saturated carbocycles. The molecule has 0 spiro atoms. The van der Waals surface area contributed by atoms with Gasteiger partial charge in [0.05, 0.1) is 12.0 Å². The number of benzene rings is 1. The molecule has 4 rings (SSSR count). The number of aromatic nitrogens is 2. The highest BCUT2D eigenvalue weighted by molar-refractivity contribution is 5.91. The van der Waals surface area contributed by atoms with Crippen molar-refractivity contribution in [2.24, 2.45) is 0 Å². The van der Waals surface area contributed by atoms with Crippen molar-refractivity contribution in [3.05, 3.63) is 83.8 Å². The highest BCUT2D eigenvalue weighted by atomic mass is 16.3. The van der Waals surface area contributed by atoms with E-state index in [9.17, 15) is 9.59 Å². The molecule has 0 atom stereocenters. The number of amides is 1. The van der Waals surface area contributed by atoms with Crippen LogP contribution in [0, 0.1) is 0 Å². The van der Waals surface area contributed by atoms with E-state index in [1.165, 1.54) is 6.26 Å². The van der Waals surface area contributed by atoms with Gasteiger partial charge in [0.2, 0.25) is 5.89 Å². The number of rotatable bonds is 7. The van der Waals surface area contributed by atoms with Crippen LogP contribution in [0.25, 0.3) is 0 Å². The van der Waals surface area contributed by atoms with Gasteiger partial charge in [-0.25, -0.2) is 4.98 Å². The summed E-state index contributed by atoms with van der Waals surface area (Å²) in [5.74, 6) is 0.442. The normalized spacial score (nSPS) is 16.0. The van der Waals surface area contributed by atoms with Gasteiger partial charge in [0.1, 0.15) is 12.0 Å². The van der Waals surface area contributed by atoms with E-state index in [0.29, 0.717) is 19.0 Å². The summed E-state index contributed by atoms with van der Waals surface area (Å²) in [5, 5.41) is 2.83. The molecule has 3 aromatic rings. The van der Waals surface area contributed by atoms with Crippen LogP contribution >= 0.6 is 0 Å². The number of likely N-dealkylation sites (tertiary alicyclic amines) is 1. The van der Waals surface area contributed by atoms with E-state index < -0.39 is 5.41 Å². The van der Waals surface area contributed by atoms with E-state index in [0.717, 1.165) is 37.1 Å². The molecule has 31 heavy (non-hydrogen) atoms. The average Bonchev–Trinajstić information content (AvgIpc) is 3.28. The molecule has 1 fully saturated rings. The second-order valence-corrected chi connectivity index (χ2v) is 7.95. The van der Waals surface area contributed by atoms with Crippen molar-refractivity contribution in [2.45, 2.75) is 38.3 Å². The number of carbonyl (C=O) groups excluding carboxylic acids is 2. The second kappa shape index (κ2) is 9.22. The van der Waals surface area contributed by atoms with Crippen LogP contribution in [-0.4, -0.2) is 39.6 Å². The third kappa shape index (κ3) is 4.72. The zero-order valence-electron chi connectivity index (χ0n) is 17.6. The van der Waals surface area contributed by atoms with Crippen LogP contribution in [0.15, 0.2) is 65.5 Å². The molecule has 7 nitrogen and oxygen atoms in total.